The molecule has 0 fully saturated rings. The molecule has 1 heterocycles. The van der Waals surface area contributed by atoms with Crippen LogP contribution >= 0.6 is 0 Å². The Labute approximate surface area is 153 Å². The van der Waals surface area contributed by atoms with E-state index in [0.717, 1.165) is 3.97 Å². The number of sulfonamides is 1. The summed E-state index contributed by atoms with van der Waals surface area (Å²) < 4.78 is 57.1. The number of fused-ring (bicyclic) bond motifs is 1. The minimum atomic E-state index is -3.67. The quantitative estimate of drug-likeness (QED) is 0.709. The summed E-state index contributed by atoms with van der Waals surface area (Å²) in [6.45, 7) is 4.76. The Morgan fingerprint density at radius 2 is 1.77 bits per heavy atom. The Bertz CT molecular complexity index is 1050. The summed E-state index contributed by atoms with van der Waals surface area (Å²) in [6, 6.07) is 4.41. The molecule has 144 valence electrons. The van der Waals surface area contributed by atoms with Crippen LogP contribution in [-0.2, 0) is 31.2 Å². The summed E-state index contributed by atoms with van der Waals surface area (Å²) in [7, 11) is -5.97. The van der Waals surface area contributed by atoms with Crippen molar-refractivity contribution < 1.29 is 26.4 Å². The fourth-order valence-electron chi connectivity index (χ4n) is 2.73. The van der Waals surface area contributed by atoms with Gasteiger partial charge >= 0.3 is 5.97 Å². The minimum absolute atomic E-state index is 0.111. The predicted molar refractivity (Wildman–Crippen MR) is 101 cm³/mol. The van der Waals surface area contributed by atoms with Gasteiger partial charge in [-0.25, -0.2) is 25.6 Å². The summed E-state index contributed by atoms with van der Waals surface area (Å²) in [4.78, 5) is 12.3. The van der Waals surface area contributed by atoms with Crippen molar-refractivity contribution in [3.8, 4) is 0 Å². The van der Waals surface area contributed by atoms with Crippen molar-refractivity contribution in [2.45, 2.75) is 27.2 Å². The number of hydrogen-bond acceptors (Lipinski definition) is 6. The van der Waals surface area contributed by atoms with E-state index in [1.807, 2.05) is 0 Å². The molecule has 10 heteroatoms. The first-order chi connectivity index (χ1) is 12.1. The zero-order valence-corrected chi connectivity index (χ0v) is 16.7. The standard InChI is InChI=1S/C16H22N2O6S2/c1-5-13-15(16(19)24-4)12-10-11(17-25(20,21)6-2)8-9-14(12)18(13)26(22,23)7-3/h8-10,17H,5-7H2,1-4H3. The maximum Gasteiger partial charge on any atom is 0.340 e. The Morgan fingerprint density at radius 1 is 1.12 bits per heavy atom. The van der Waals surface area contributed by atoms with Crippen molar-refractivity contribution >= 4 is 42.6 Å². The van der Waals surface area contributed by atoms with Gasteiger partial charge in [-0.2, -0.15) is 0 Å². The number of esters is 1. The number of carbonyl (C=O) groups excluding carboxylic acids is 1. The second kappa shape index (κ2) is 7.28. The molecule has 0 bridgehead atoms. The van der Waals surface area contributed by atoms with Gasteiger partial charge in [-0.1, -0.05) is 6.92 Å². The molecule has 0 atom stereocenters. The van der Waals surface area contributed by atoms with Gasteiger partial charge in [-0.05, 0) is 38.5 Å². The zero-order chi connectivity index (χ0) is 19.7. The van der Waals surface area contributed by atoms with Crippen LogP contribution in [0.15, 0.2) is 18.2 Å². The average molecular weight is 402 g/mol. The molecular weight excluding hydrogens is 380 g/mol. The molecule has 0 saturated carbocycles. The van der Waals surface area contributed by atoms with Crippen molar-refractivity contribution in [1.82, 2.24) is 3.97 Å². The summed E-state index contributed by atoms with van der Waals surface area (Å²) >= 11 is 0. The number of carbonyl (C=O) groups is 1. The fraction of sp³-hybridized carbons (Fsp3) is 0.438. The third kappa shape index (κ3) is 3.56. The number of aromatic nitrogens is 1. The smallest absolute Gasteiger partial charge is 0.340 e. The normalized spacial score (nSPS) is 12.3. The first-order valence-corrected chi connectivity index (χ1v) is 11.4. The van der Waals surface area contributed by atoms with Gasteiger partial charge < -0.3 is 4.74 Å². The van der Waals surface area contributed by atoms with Crippen molar-refractivity contribution in [2.24, 2.45) is 0 Å². The van der Waals surface area contributed by atoms with Crippen LogP contribution in [0.2, 0.25) is 0 Å². The second-order valence-electron chi connectivity index (χ2n) is 5.57. The molecule has 1 aromatic heterocycles. The fourth-order valence-corrected chi connectivity index (χ4v) is 4.63. The maximum absolute atomic E-state index is 12.6. The number of ether oxygens (including phenoxy) is 1. The van der Waals surface area contributed by atoms with E-state index in [-0.39, 0.29) is 29.2 Å². The van der Waals surface area contributed by atoms with Gasteiger partial charge in [0.05, 0.1) is 29.7 Å². The molecule has 1 aromatic carbocycles. The third-order valence-electron chi connectivity index (χ3n) is 4.04. The highest BCUT2D eigenvalue weighted by Gasteiger charge is 2.27. The topological polar surface area (TPSA) is 112 Å². The molecule has 26 heavy (non-hydrogen) atoms. The van der Waals surface area contributed by atoms with Crippen LogP contribution in [-0.4, -0.2) is 45.4 Å². The van der Waals surface area contributed by atoms with Gasteiger partial charge in [0.25, 0.3) is 0 Å². The molecule has 0 aliphatic heterocycles. The van der Waals surface area contributed by atoms with Crippen molar-refractivity contribution in [3.63, 3.8) is 0 Å². The number of anilines is 1. The van der Waals surface area contributed by atoms with E-state index < -0.39 is 26.0 Å². The Kier molecular flexibility index (Phi) is 5.67. The molecule has 2 rings (SSSR count). The highest BCUT2D eigenvalue weighted by molar-refractivity contribution is 7.92. The van der Waals surface area contributed by atoms with Crippen LogP contribution in [0.4, 0.5) is 5.69 Å². The Hall–Kier alpha value is -2.07. The number of rotatable bonds is 7. The lowest BCUT2D eigenvalue weighted by atomic mass is 10.1. The average Bonchev–Trinajstić information content (AvgIpc) is 2.94. The molecule has 0 aliphatic rings. The van der Waals surface area contributed by atoms with Crippen molar-refractivity contribution in [1.29, 1.82) is 0 Å². The molecule has 0 amide bonds. The van der Waals surface area contributed by atoms with Gasteiger partial charge in [-0.15, -0.1) is 0 Å². The maximum atomic E-state index is 12.6. The lowest BCUT2D eigenvalue weighted by Gasteiger charge is -2.10. The van der Waals surface area contributed by atoms with Crippen LogP contribution in [0, 0.1) is 0 Å². The molecule has 0 radical (unpaired) electrons. The number of hydrogen-bond donors (Lipinski definition) is 1. The van der Waals surface area contributed by atoms with Crippen LogP contribution in [0.25, 0.3) is 10.9 Å². The van der Waals surface area contributed by atoms with Crippen LogP contribution < -0.4 is 4.72 Å². The van der Waals surface area contributed by atoms with Gasteiger partial charge in [0.15, 0.2) is 0 Å². The van der Waals surface area contributed by atoms with E-state index in [9.17, 15) is 21.6 Å². The zero-order valence-electron chi connectivity index (χ0n) is 15.1. The van der Waals surface area contributed by atoms with Crippen molar-refractivity contribution in [3.05, 3.63) is 29.5 Å². The highest BCUT2D eigenvalue weighted by atomic mass is 32.2. The molecule has 0 unspecified atom stereocenters. The number of nitrogens with one attached hydrogen (secondary N) is 1. The molecular formula is C16H22N2O6S2. The Morgan fingerprint density at radius 3 is 2.27 bits per heavy atom. The minimum Gasteiger partial charge on any atom is -0.465 e. The van der Waals surface area contributed by atoms with Gasteiger partial charge in [0, 0.05) is 16.8 Å². The first-order valence-electron chi connectivity index (χ1n) is 8.11. The number of nitrogens with zero attached hydrogens (tertiary/aromatic N) is 1. The monoisotopic (exact) mass is 402 g/mol. The van der Waals surface area contributed by atoms with E-state index in [0.29, 0.717) is 16.6 Å². The van der Waals surface area contributed by atoms with Crippen LogP contribution in [0.1, 0.15) is 36.8 Å². The second-order valence-corrected chi connectivity index (χ2v) is 9.69. The molecule has 0 saturated heterocycles. The first kappa shape index (κ1) is 20.2. The molecule has 8 nitrogen and oxygen atoms in total. The van der Waals surface area contributed by atoms with E-state index in [2.05, 4.69) is 4.72 Å². The summed E-state index contributed by atoms with van der Waals surface area (Å²) in [5, 5.41) is 0.321. The lowest BCUT2D eigenvalue weighted by molar-refractivity contribution is 0.0601. The van der Waals surface area contributed by atoms with Gasteiger partial charge in [0.1, 0.15) is 0 Å². The lowest BCUT2D eigenvalue weighted by Crippen LogP contribution is -2.18. The molecule has 0 aliphatic carbocycles. The largest absolute Gasteiger partial charge is 0.465 e. The summed E-state index contributed by atoms with van der Waals surface area (Å²) in [6.07, 6.45) is 0.286. The molecule has 0 spiro atoms. The molecule has 2 aromatic rings. The van der Waals surface area contributed by atoms with Crippen molar-refractivity contribution in [2.75, 3.05) is 23.3 Å². The third-order valence-corrected chi connectivity index (χ3v) is 7.05. The SMILES string of the molecule is CCc1c(C(=O)OC)c2cc(NS(=O)(=O)CC)ccc2n1S(=O)(=O)CC. The summed E-state index contributed by atoms with van der Waals surface area (Å²) in [5.74, 6) is -0.929. The van der Waals surface area contributed by atoms with Crippen LogP contribution in [0.3, 0.4) is 0 Å². The Balaban J connectivity index is 2.88. The summed E-state index contributed by atoms with van der Waals surface area (Å²) in [5.41, 5.74) is 0.991. The van der Waals surface area contributed by atoms with E-state index in [4.69, 9.17) is 4.74 Å². The van der Waals surface area contributed by atoms with Gasteiger partial charge in [0.2, 0.25) is 20.0 Å². The molecule has 1 N–H and O–H groups in total. The number of benzene rings is 1. The highest BCUT2D eigenvalue weighted by Crippen LogP contribution is 2.31. The van der Waals surface area contributed by atoms with Gasteiger partial charge in [-0.3, -0.25) is 4.72 Å². The van der Waals surface area contributed by atoms with E-state index in [1.165, 1.54) is 39.2 Å². The van der Waals surface area contributed by atoms with E-state index in [1.54, 1.807) is 6.92 Å². The number of methoxy groups -OCH3 is 1. The predicted octanol–water partition coefficient (Wildman–Crippen LogP) is 1.95. The van der Waals surface area contributed by atoms with E-state index >= 15 is 0 Å². The van der Waals surface area contributed by atoms with Crippen LogP contribution in [0.5, 0.6) is 0 Å².